The third-order valence-electron chi connectivity index (χ3n) is 2.45. The lowest BCUT2D eigenvalue weighted by atomic mass is 10.0. The van der Waals surface area contributed by atoms with Gasteiger partial charge in [0.2, 0.25) is 5.91 Å². The molecule has 0 saturated heterocycles. The fraction of sp³-hybridized carbons (Fsp3) is 0.706. The van der Waals surface area contributed by atoms with Crippen LogP contribution in [0.15, 0.2) is 24.8 Å². The maximum atomic E-state index is 11.1. The predicted molar refractivity (Wildman–Crippen MR) is 92.4 cm³/mol. The zero-order valence-corrected chi connectivity index (χ0v) is 17.7. The van der Waals surface area contributed by atoms with Gasteiger partial charge in [-0.05, 0) is 32.4 Å². The molecule has 0 heterocycles. The van der Waals surface area contributed by atoms with Gasteiger partial charge in [0.25, 0.3) is 0 Å². The largest absolute Gasteiger partial charge is 1.00 e. The van der Waals surface area contributed by atoms with E-state index in [4.69, 9.17) is 0 Å². The van der Waals surface area contributed by atoms with Crippen LogP contribution in [0.25, 0.3) is 0 Å². The molecule has 0 radical (unpaired) electrons. The monoisotopic (exact) mass is 369 g/mol. The van der Waals surface area contributed by atoms with Crippen molar-refractivity contribution in [2.24, 2.45) is 0 Å². The lowest BCUT2D eigenvalue weighted by Gasteiger charge is -2.34. The van der Waals surface area contributed by atoms with E-state index in [-0.39, 0.29) is 36.3 Å². The lowest BCUT2D eigenvalue weighted by Crippen LogP contribution is -3.05. The first-order valence-corrected chi connectivity index (χ1v) is 7.62. The van der Waals surface area contributed by atoms with Crippen molar-refractivity contribution in [3.8, 4) is 0 Å². The van der Waals surface area contributed by atoms with Crippen molar-refractivity contribution in [2.75, 3.05) is 48.3 Å². The van der Waals surface area contributed by atoms with Gasteiger partial charge < -0.3 is 39.5 Å². The summed E-state index contributed by atoms with van der Waals surface area (Å²) in [5.74, 6) is -0.113. The maximum absolute atomic E-state index is 11.1. The van der Waals surface area contributed by atoms with Gasteiger partial charge in [-0.25, -0.2) is 0 Å². The molecule has 4 nitrogen and oxygen atoms in total. The van der Waals surface area contributed by atoms with E-state index in [1.165, 1.54) is 11.0 Å². The van der Waals surface area contributed by atoms with E-state index in [0.717, 1.165) is 24.0 Å². The molecule has 0 saturated carbocycles. The number of hydrogen-bond acceptors (Lipinski definition) is 1. The number of allylic oxidation sites excluding steroid dienone is 1. The number of carbonyl (C=O) groups is 1. The predicted octanol–water partition coefficient (Wildman–Crippen LogP) is -5.12. The Hall–Kier alpha value is -0.550. The van der Waals surface area contributed by atoms with E-state index in [2.05, 4.69) is 66.2 Å². The second-order valence-corrected chi connectivity index (χ2v) is 7.32. The first-order chi connectivity index (χ1) is 9.43. The van der Waals surface area contributed by atoms with Crippen LogP contribution in [-0.2, 0) is 4.79 Å². The molecular weight excluding hydrogens is 333 g/mol. The van der Waals surface area contributed by atoms with Crippen LogP contribution >= 0.6 is 0 Å². The van der Waals surface area contributed by atoms with Crippen molar-refractivity contribution < 1.29 is 39.0 Å². The number of halogens is 2. The minimum atomic E-state index is -0.191. The SMILES string of the molecule is C=CC(=O)NC(C)(C)C[N+](C)(C)C.CCC=CC[NH+](C)C.[Cl-].[Cl-]. The van der Waals surface area contributed by atoms with Gasteiger partial charge in [0, 0.05) is 0 Å². The number of quaternary nitrogens is 2. The molecule has 0 unspecified atom stereocenters. The molecule has 0 aliphatic heterocycles. The minimum absolute atomic E-state index is 0. The summed E-state index contributed by atoms with van der Waals surface area (Å²) in [6.45, 7) is 11.6. The fourth-order valence-corrected chi connectivity index (χ4v) is 2.10. The van der Waals surface area contributed by atoms with Gasteiger partial charge >= 0.3 is 0 Å². The summed E-state index contributed by atoms with van der Waals surface area (Å²) in [5, 5.41) is 2.89. The summed E-state index contributed by atoms with van der Waals surface area (Å²) in [6, 6.07) is 0. The van der Waals surface area contributed by atoms with Crippen molar-refractivity contribution in [3.63, 3.8) is 0 Å². The molecule has 0 fully saturated rings. The average Bonchev–Trinajstić information content (AvgIpc) is 2.25. The quantitative estimate of drug-likeness (QED) is 0.262. The number of likely N-dealkylation sites (N-methyl/N-ethyl adjacent to an activating group) is 2. The Kier molecular flexibility index (Phi) is 19.8. The highest BCUT2D eigenvalue weighted by Crippen LogP contribution is 2.07. The van der Waals surface area contributed by atoms with Crippen LogP contribution < -0.4 is 35.0 Å². The molecule has 0 aliphatic rings. The standard InChI is InChI=1S/C10H20N2O.C7H15N.2ClH/c1-7-9(13)11-10(2,3)8-12(4,5)6;1-4-5-6-7-8(2)3;;/h7H,1,8H2,2-6H3;5-6H,4,7H2,1-3H3;2*1H. The first-order valence-electron chi connectivity index (χ1n) is 7.62. The fourth-order valence-electron chi connectivity index (χ4n) is 2.10. The Balaban J connectivity index is -0.000000158. The normalized spacial score (nSPS) is 11.0. The van der Waals surface area contributed by atoms with E-state index in [1.54, 1.807) is 0 Å². The summed E-state index contributed by atoms with van der Waals surface area (Å²) in [4.78, 5) is 12.6. The number of hydrogen-bond donors (Lipinski definition) is 2. The van der Waals surface area contributed by atoms with Crippen molar-refractivity contribution in [2.45, 2.75) is 32.7 Å². The lowest BCUT2D eigenvalue weighted by molar-refractivity contribution is -0.873. The Labute approximate surface area is 156 Å². The molecule has 2 N–H and O–H groups in total. The van der Waals surface area contributed by atoms with Crippen LogP contribution in [0.3, 0.4) is 0 Å². The summed E-state index contributed by atoms with van der Waals surface area (Å²) >= 11 is 0. The van der Waals surface area contributed by atoms with Crippen LogP contribution in [0.1, 0.15) is 27.2 Å². The van der Waals surface area contributed by atoms with E-state index in [9.17, 15) is 4.79 Å². The number of rotatable bonds is 7. The molecule has 6 heteroatoms. The zero-order chi connectivity index (χ0) is 17.1. The Morgan fingerprint density at radius 1 is 1.17 bits per heavy atom. The maximum Gasteiger partial charge on any atom is 0.243 e. The van der Waals surface area contributed by atoms with Crippen molar-refractivity contribution in [1.29, 1.82) is 0 Å². The second kappa shape index (κ2) is 15.0. The Morgan fingerprint density at radius 2 is 1.65 bits per heavy atom. The van der Waals surface area contributed by atoms with E-state index in [0.29, 0.717) is 0 Å². The molecule has 0 rings (SSSR count). The van der Waals surface area contributed by atoms with Crippen LogP contribution in [0.4, 0.5) is 0 Å². The third kappa shape index (κ3) is 26.6. The molecule has 140 valence electrons. The van der Waals surface area contributed by atoms with Crippen molar-refractivity contribution in [3.05, 3.63) is 24.8 Å². The number of nitrogens with one attached hydrogen (secondary N) is 2. The summed E-state index contributed by atoms with van der Waals surface area (Å²) in [6.07, 6.45) is 6.88. The van der Waals surface area contributed by atoms with Crippen molar-refractivity contribution >= 4 is 5.91 Å². The highest BCUT2D eigenvalue weighted by atomic mass is 35.5. The van der Waals surface area contributed by atoms with E-state index >= 15 is 0 Å². The van der Waals surface area contributed by atoms with Gasteiger partial charge in [-0.15, -0.1) is 0 Å². The smallest absolute Gasteiger partial charge is 0.243 e. The topological polar surface area (TPSA) is 33.5 Å². The van der Waals surface area contributed by atoms with E-state index < -0.39 is 0 Å². The van der Waals surface area contributed by atoms with Gasteiger partial charge in [0.15, 0.2) is 0 Å². The summed E-state index contributed by atoms with van der Waals surface area (Å²) in [7, 11) is 10.6. The molecule has 23 heavy (non-hydrogen) atoms. The van der Waals surface area contributed by atoms with Crippen LogP contribution in [0.5, 0.6) is 0 Å². The third-order valence-corrected chi connectivity index (χ3v) is 2.45. The molecule has 0 atom stereocenters. The Morgan fingerprint density at radius 3 is 1.96 bits per heavy atom. The van der Waals surface area contributed by atoms with Gasteiger partial charge in [-0.1, -0.05) is 19.6 Å². The van der Waals surface area contributed by atoms with Gasteiger partial charge in [-0.3, -0.25) is 4.79 Å². The molecule has 0 aromatic heterocycles. The summed E-state index contributed by atoms with van der Waals surface area (Å²) < 4.78 is 0.824. The van der Waals surface area contributed by atoms with Crippen LogP contribution in [-0.4, -0.2) is 64.3 Å². The van der Waals surface area contributed by atoms with Crippen molar-refractivity contribution in [1.82, 2.24) is 5.32 Å². The van der Waals surface area contributed by atoms with Gasteiger partial charge in [-0.2, -0.15) is 0 Å². The molecule has 0 spiro atoms. The number of nitrogens with zero attached hydrogens (tertiary/aromatic N) is 1. The number of amides is 1. The van der Waals surface area contributed by atoms with Crippen LogP contribution in [0, 0.1) is 0 Å². The van der Waals surface area contributed by atoms with Crippen LogP contribution in [0.2, 0.25) is 0 Å². The molecular formula is C17H37Cl2N3O. The zero-order valence-electron chi connectivity index (χ0n) is 16.2. The molecule has 1 amide bonds. The van der Waals surface area contributed by atoms with E-state index in [1.807, 2.05) is 13.8 Å². The Bertz CT molecular complexity index is 335. The molecule has 0 aromatic rings. The molecule has 0 aromatic carbocycles. The van der Waals surface area contributed by atoms with Gasteiger partial charge in [0.1, 0.15) is 6.54 Å². The summed E-state index contributed by atoms with van der Waals surface area (Å²) in [5.41, 5.74) is -0.191. The minimum Gasteiger partial charge on any atom is -1.00 e. The second-order valence-electron chi connectivity index (χ2n) is 7.32. The highest BCUT2D eigenvalue weighted by molar-refractivity contribution is 5.87. The first kappa shape index (κ1) is 30.3. The van der Waals surface area contributed by atoms with Gasteiger partial charge in [0.05, 0.1) is 47.3 Å². The highest BCUT2D eigenvalue weighted by Gasteiger charge is 2.26. The average molecular weight is 370 g/mol. The molecule has 0 aliphatic carbocycles. The number of carbonyl (C=O) groups excluding carboxylic acids is 1. The molecule has 0 bridgehead atoms.